The maximum Gasteiger partial charge on any atom is 0.244 e. The molecule has 1 amide bonds. The molecule has 2 rings (SSSR count). The lowest BCUT2D eigenvalue weighted by Crippen LogP contribution is -2.49. The minimum Gasteiger partial charge on any atom is -0.348 e. The predicted octanol–water partition coefficient (Wildman–Crippen LogP) is 4.55. The van der Waals surface area contributed by atoms with E-state index in [1.165, 1.54) is 30.3 Å². The second-order valence-corrected chi connectivity index (χ2v) is 9.12. The zero-order valence-electron chi connectivity index (χ0n) is 15.6. The molecule has 0 aliphatic rings. The van der Waals surface area contributed by atoms with Crippen molar-refractivity contribution < 1.29 is 17.6 Å². The molecule has 9 heteroatoms. The molecule has 0 aromatic heterocycles. The monoisotopic (exact) mass is 446 g/mol. The fourth-order valence-electron chi connectivity index (χ4n) is 2.87. The van der Waals surface area contributed by atoms with Crippen LogP contribution in [0, 0.1) is 5.82 Å². The number of sulfonamides is 1. The smallest absolute Gasteiger partial charge is 0.244 e. The van der Waals surface area contributed by atoms with Crippen molar-refractivity contribution in [1.82, 2.24) is 5.32 Å². The van der Waals surface area contributed by atoms with Crippen molar-refractivity contribution in [2.75, 3.05) is 10.6 Å². The lowest BCUT2D eigenvalue weighted by atomic mass is 10.1. The third kappa shape index (κ3) is 5.59. The molecule has 0 spiro atoms. The average Bonchev–Trinajstić information content (AvgIpc) is 2.57. The zero-order chi connectivity index (χ0) is 21.1. The van der Waals surface area contributed by atoms with E-state index in [9.17, 15) is 17.6 Å². The molecular formula is C19H21Cl2FN2O3S. The first-order chi connectivity index (χ1) is 13.0. The standard InChI is InChI=1S/C19H21Cl2FN2O3S/c1-4-18(19(25)23-12(2)13-5-7-16(22)8-6-13)24(28(3,26)27)17-10-14(20)9-15(21)11-17/h5-12,18H,4H2,1-3H3,(H,23,25)/t12-,18-/m1/s1. The topological polar surface area (TPSA) is 66.5 Å². The molecule has 0 radical (unpaired) electrons. The van der Waals surface area contributed by atoms with E-state index in [0.29, 0.717) is 5.56 Å². The van der Waals surface area contributed by atoms with E-state index in [-0.39, 0.29) is 28.0 Å². The van der Waals surface area contributed by atoms with Crippen LogP contribution in [0.25, 0.3) is 0 Å². The quantitative estimate of drug-likeness (QED) is 0.677. The number of carbonyl (C=O) groups is 1. The van der Waals surface area contributed by atoms with Gasteiger partial charge in [-0.1, -0.05) is 42.3 Å². The summed E-state index contributed by atoms with van der Waals surface area (Å²) < 4.78 is 39.1. The minimum atomic E-state index is -3.81. The summed E-state index contributed by atoms with van der Waals surface area (Å²) in [6, 6.07) is 8.63. The number of carbonyl (C=O) groups excluding carboxylic acids is 1. The third-order valence-electron chi connectivity index (χ3n) is 4.16. The van der Waals surface area contributed by atoms with E-state index in [0.717, 1.165) is 10.6 Å². The molecule has 2 atom stereocenters. The summed E-state index contributed by atoms with van der Waals surface area (Å²) in [4.78, 5) is 12.9. The van der Waals surface area contributed by atoms with Crippen LogP contribution in [0.3, 0.4) is 0 Å². The fourth-order valence-corrected chi connectivity index (χ4v) is 4.58. The number of benzene rings is 2. The molecule has 2 aromatic rings. The Morgan fingerprint density at radius 3 is 2.14 bits per heavy atom. The normalized spacial score (nSPS) is 13.6. The SMILES string of the molecule is CC[C@H](C(=O)N[C@H](C)c1ccc(F)cc1)N(c1cc(Cl)cc(Cl)c1)S(C)(=O)=O. The number of nitrogens with one attached hydrogen (secondary N) is 1. The van der Waals surface area contributed by atoms with Gasteiger partial charge in [0.1, 0.15) is 11.9 Å². The highest BCUT2D eigenvalue weighted by Crippen LogP contribution is 2.29. The van der Waals surface area contributed by atoms with Crippen molar-refractivity contribution in [2.24, 2.45) is 0 Å². The number of hydrogen-bond acceptors (Lipinski definition) is 3. The first-order valence-electron chi connectivity index (χ1n) is 8.54. The summed E-state index contributed by atoms with van der Waals surface area (Å²) in [6.45, 7) is 3.44. The van der Waals surface area contributed by atoms with Crippen LogP contribution in [0.4, 0.5) is 10.1 Å². The molecule has 1 N–H and O–H groups in total. The van der Waals surface area contributed by atoms with E-state index >= 15 is 0 Å². The van der Waals surface area contributed by atoms with Gasteiger partial charge in [-0.2, -0.15) is 0 Å². The molecule has 5 nitrogen and oxygen atoms in total. The van der Waals surface area contributed by atoms with Gasteiger partial charge in [0, 0.05) is 10.0 Å². The first-order valence-corrected chi connectivity index (χ1v) is 11.1. The lowest BCUT2D eigenvalue weighted by molar-refractivity contribution is -0.122. The Kier molecular flexibility index (Phi) is 7.31. The first kappa shape index (κ1) is 22.5. The highest BCUT2D eigenvalue weighted by molar-refractivity contribution is 7.92. The Morgan fingerprint density at radius 1 is 1.14 bits per heavy atom. The van der Waals surface area contributed by atoms with Gasteiger partial charge in [-0.25, -0.2) is 12.8 Å². The van der Waals surface area contributed by atoms with Crippen molar-refractivity contribution >= 4 is 44.8 Å². The molecule has 0 aliphatic carbocycles. The van der Waals surface area contributed by atoms with Gasteiger partial charge in [-0.15, -0.1) is 0 Å². The number of halogens is 3. The highest BCUT2D eigenvalue weighted by Gasteiger charge is 2.32. The molecule has 2 aromatic carbocycles. The Morgan fingerprint density at radius 2 is 1.68 bits per heavy atom. The van der Waals surface area contributed by atoms with Gasteiger partial charge in [0.25, 0.3) is 0 Å². The molecule has 28 heavy (non-hydrogen) atoms. The van der Waals surface area contributed by atoms with Crippen LogP contribution < -0.4 is 9.62 Å². The minimum absolute atomic E-state index is 0.205. The Hall–Kier alpha value is -1.83. The van der Waals surface area contributed by atoms with Gasteiger partial charge in [0.15, 0.2) is 0 Å². The molecular weight excluding hydrogens is 426 g/mol. The molecule has 0 aliphatic heterocycles. The van der Waals surface area contributed by atoms with E-state index in [1.54, 1.807) is 26.0 Å². The highest BCUT2D eigenvalue weighted by atomic mass is 35.5. The van der Waals surface area contributed by atoms with Crippen LogP contribution >= 0.6 is 23.2 Å². The molecule has 0 saturated heterocycles. The van der Waals surface area contributed by atoms with Crippen molar-refractivity contribution in [3.8, 4) is 0 Å². The average molecular weight is 447 g/mol. The molecule has 0 heterocycles. The van der Waals surface area contributed by atoms with Crippen LogP contribution in [-0.2, 0) is 14.8 Å². The van der Waals surface area contributed by atoms with Crippen molar-refractivity contribution in [3.63, 3.8) is 0 Å². The Balaban J connectivity index is 2.34. The van der Waals surface area contributed by atoms with Gasteiger partial charge < -0.3 is 5.32 Å². The molecule has 0 unspecified atom stereocenters. The van der Waals surface area contributed by atoms with Crippen molar-refractivity contribution in [1.29, 1.82) is 0 Å². The number of rotatable bonds is 7. The van der Waals surface area contributed by atoms with Crippen LogP contribution in [0.1, 0.15) is 31.9 Å². The Bertz CT molecular complexity index is 932. The maximum absolute atomic E-state index is 13.1. The number of hydrogen-bond donors (Lipinski definition) is 1. The second-order valence-electron chi connectivity index (χ2n) is 6.39. The summed E-state index contributed by atoms with van der Waals surface area (Å²) in [6.07, 6.45) is 1.24. The summed E-state index contributed by atoms with van der Waals surface area (Å²) >= 11 is 12.0. The summed E-state index contributed by atoms with van der Waals surface area (Å²) in [5.41, 5.74) is 0.901. The van der Waals surface area contributed by atoms with Crippen LogP contribution in [0.2, 0.25) is 10.0 Å². The van der Waals surface area contributed by atoms with Crippen molar-refractivity contribution in [3.05, 3.63) is 63.9 Å². The maximum atomic E-state index is 13.1. The number of anilines is 1. The van der Waals surface area contributed by atoms with Gasteiger partial charge in [0.2, 0.25) is 15.9 Å². The summed E-state index contributed by atoms with van der Waals surface area (Å²) in [5.74, 6) is -0.865. The van der Waals surface area contributed by atoms with Crippen LogP contribution in [0.15, 0.2) is 42.5 Å². The lowest BCUT2D eigenvalue weighted by Gasteiger charge is -2.31. The van der Waals surface area contributed by atoms with E-state index in [1.807, 2.05) is 0 Å². The van der Waals surface area contributed by atoms with Gasteiger partial charge in [-0.3, -0.25) is 9.10 Å². The zero-order valence-corrected chi connectivity index (χ0v) is 17.9. The van der Waals surface area contributed by atoms with Crippen LogP contribution in [0.5, 0.6) is 0 Å². The molecule has 152 valence electrons. The predicted molar refractivity (Wildman–Crippen MR) is 111 cm³/mol. The second kappa shape index (κ2) is 9.11. The largest absolute Gasteiger partial charge is 0.348 e. The van der Waals surface area contributed by atoms with E-state index in [2.05, 4.69) is 5.32 Å². The molecule has 0 fully saturated rings. The third-order valence-corrected chi connectivity index (χ3v) is 5.78. The summed E-state index contributed by atoms with van der Waals surface area (Å²) in [7, 11) is -3.81. The fraction of sp³-hybridized carbons (Fsp3) is 0.316. The molecule has 0 bridgehead atoms. The van der Waals surface area contributed by atoms with Gasteiger partial charge in [0.05, 0.1) is 18.0 Å². The number of amides is 1. The van der Waals surface area contributed by atoms with E-state index in [4.69, 9.17) is 23.2 Å². The molecule has 0 saturated carbocycles. The van der Waals surface area contributed by atoms with E-state index < -0.39 is 28.0 Å². The summed E-state index contributed by atoms with van der Waals surface area (Å²) in [5, 5.41) is 3.30. The number of nitrogens with zero attached hydrogens (tertiary/aromatic N) is 1. The van der Waals surface area contributed by atoms with Gasteiger partial charge in [-0.05, 0) is 49.2 Å². The van der Waals surface area contributed by atoms with Crippen LogP contribution in [-0.4, -0.2) is 26.6 Å². The van der Waals surface area contributed by atoms with Crippen molar-refractivity contribution in [2.45, 2.75) is 32.4 Å². The van der Waals surface area contributed by atoms with Gasteiger partial charge >= 0.3 is 0 Å². The Labute approximate surface area is 174 Å².